The van der Waals surface area contributed by atoms with Crippen molar-refractivity contribution in [3.8, 4) is 5.69 Å². The minimum atomic E-state index is 0.327. The Bertz CT molecular complexity index is 1800. The topological polar surface area (TPSA) is 27.2 Å². The molecule has 0 amide bonds. The Labute approximate surface area is 184 Å². The van der Waals surface area contributed by atoms with Crippen LogP contribution in [0.5, 0.6) is 0 Å². The molecule has 0 N–H and O–H groups in total. The quantitative estimate of drug-likeness (QED) is 0.296. The second-order valence-corrected chi connectivity index (χ2v) is 8.72. The lowest BCUT2D eigenvalue weighted by molar-refractivity contribution is 0.643. The number of fused-ring (bicyclic) bond motifs is 9. The number of benzene rings is 4. The third-order valence-electron chi connectivity index (χ3n) is 6.56. The number of para-hydroxylation sites is 4. The molecule has 3 aromatic heterocycles. The monoisotopic (exact) mass is 414 g/mol. The van der Waals surface area contributed by atoms with Crippen molar-refractivity contribution in [2.24, 2.45) is 0 Å². The summed E-state index contributed by atoms with van der Waals surface area (Å²) in [6.45, 7) is 4.53. The predicted molar refractivity (Wildman–Crippen MR) is 133 cm³/mol. The molecule has 7 aromatic rings. The number of rotatable bonds is 2. The van der Waals surface area contributed by atoms with Gasteiger partial charge in [-0.05, 0) is 56.3 Å². The summed E-state index contributed by atoms with van der Waals surface area (Å²) in [5.41, 5.74) is 8.18. The highest BCUT2D eigenvalue weighted by Gasteiger charge is 2.23. The molecule has 0 radical (unpaired) electrons. The van der Waals surface area contributed by atoms with E-state index in [9.17, 15) is 0 Å². The van der Waals surface area contributed by atoms with Crippen LogP contribution in [0.15, 0.2) is 91.0 Å². The molecule has 32 heavy (non-hydrogen) atoms. The zero-order valence-electron chi connectivity index (χ0n) is 18.0. The van der Waals surface area contributed by atoms with Crippen LogP contribution in [0.25, 0.3) is 55.3 Å². The lowest BCUT2D eigenvalue weighted by Crippen LogP contribution is -2.01. The normalized spacial score (nSPS) is 12.3. The maximum atomic E-state index is 5.08. The van der Waals surface area contributed by atoms with Gasteiger partial charge in [0.05, 0.1) is 27.6 Å². The van der Waals surface area contributed by atoms with E-state index in [0.29, 0.717) is 6.04 Å². The first-order valence-electron chi connectivity index (χ1n) is 11.1. The molecule has 0 saturated carbocycles. The molecule has 0 fully saturated rings. The van der Waals surface area contributed by atoms with Gasteiger partial charge in [0.2, 0.25) is 5.78 Å². The SMILES string of the molecule is CC(C)n1c2ccccc2c2ccc3c(c21)n1c2ccccc2nc1n3-c1ccccc1. The van der Waals surface area contributed by atoms with Crippen LogP contribution in [0, 0.1) is 0 Å². The Kier molecular flexibility index (Phi) is 3.43. The number of hydrogen-bond acceptors (Lipinski definition) is 1. The highest BCUT2D eigenvalue weighted by Crippen LogP contribution is 2.39. The van der Waals surface area contributed by atoms with Crippen LogP contribution in [0.4, 0.5) is 0 Å². The van der Waals surface area contributed by atoms with Crippen molar-refractivity contribution in [3.63, 3.8) is 0 Å². The van der Waals surface area contributed by atoms with Gasteiger partial charge in [-0.1, -0.05) is 48.5 Å². The Morgan fingerprint density at radius 3 is 2.16 bits per heavy atom. The van der Waals surface area contributed by atoms with Crippen LogP contribution >= 0.6 is 0 Å². The van der Waals surface area contributed by atoms with Crippen LogP contribution < -0.4 is 0 Å². The first-order chi connectivity index (χ1) is 15.7. The summed E-state index contributed by atoms with van der Waals surface area (Å²) in [4.78, 5) is 5.08. The fraction of sp³-hybridized carbons (Fsp3) is 0.107. The summed E-state index contributed by atoms with van der Waals surface area (Å²) >= 11 is 0. The van der Waals surface area contributed by atoms with Crippen molar-refractivity contribution in [1.82, 2.24) is 18.5 Å². The molecule has 3 heterocycles. The van der Waals surface area contributed by atoms with E-state index in [1.54, 1.807) is 0 Å². The highest BCUT2D eigenvalue weighted by atomic mass is 15.2. The van der Waals surface area contributed by atoms with E-state index in [2.05, 4.69) is 118 Å². The highest BCUT2D eigenvalue weighted by molar-refractivity contribution is 6.18. The van der Waals surface area contributed by atoms with E-state index >= 15 is 0 Å². The van der Waals surface area contributed by atoms with E-state index in [4.69, 9.17) is 4.98 Å². The summed E-state index contributed by atoms with van der Waals surface area (Å²) in [7, 11) is 0. The molecule has 0 unspecified atom stereocenters. The van der Waals surface area contributed by atoms with Gasteiger partial charge in [0, 0.05) is 28.0 Å². The number of imidazole rings is 2. The maximum Gasteiger partial charge on any atom is 0.220 e. The Hall–Kier alpha value is -4.05. The van der Waals surface area contributed by atoms with Gasteiger partial charge in [0.15, 0.2) is 0 Å². The first kappa shape index (κ1) is 17.6. The summed E-state index contributed by atoms with van der Waals surface area (Å²) in [6.07, 6.45) is 0. The van der Waals surface area contributed by atoms with Crippen molar-refractivity contribution < 1.29 is 0 Å². The fourth-order valence-corrected chi connectivity index (χ4v) is 5.32. The first-order valence-corrected chi connectivity index (χ1v) is 11.1. The smallest absolute Gasteiger partial charge is 0.220 e. The summed E-state index contributed by atoms with van der Waals surface area (Å²) in [5, 5.41) is 2.58. The molecule has 4 nitrogen and oxygen atoms in total. The van der Waals surface area contributed by atoms with Gasteiger partial charge in [0.25, 0.3) is 0 Å². The van der Waals surface area contributed by atoms with Crippen molar-refractivity contribution in [1.29, 1.82) is 0 Å². The minimum Gasteiger partial charge on any atom is -0.336 e. The van der Waals surface area contributed by atoms with Gasteiger partial charge in [0.1, 0.15) is 0 Å². The molecule has 0 atom stereocenters. The predicted octanol–water partition coefficient (Wildman–Crippen LogP) is 7.12. The van der Waals surface area contributed by atoms with Gasteiger partial charge in [-0.15, -0.1) is 0 Å². The van der Waals surface area contributed by atoms with Crippen LogP contribution in [0.3, 0.4) is 0 Å². The average Bonchev–Trinajstić information content (AvgIpc) is 3.45. The van der Waals surface area contributed by atoms with Crippen LogP contribution in [-0.2, 0) is 0 Å². The molecule has 7 rings (SSSR count). The van der Waals surface area contributed by atoms with Crippen molar-refractivity contribution in [3.05, 3.63) is 91.0 Å². The molecule has 0 spiro atoms. The lowest BCUT2D eigenvalue weighted by atomic mass is 10.1. The Morgan fingerprint density at radius 1 is 0.625 bits per heavy atom. The van der Waals surface area contributed by atoms with Gasteiger partial charge >= 0.3 is 0 Å². The van der Waals surface area contributed by atoms with E-state index in [1.165, 1.54) is 32.8 Å². The largest absolute Gasteiger partial charge is 0.336 e. The summed E-state index contributed by atoms with van der Waals surface area (Å²) in [5.74, 6) is 0.945. The van der Waals surface area contributed by atoms with Gasteiger partial charge < -0.3 is 4.57 Å². The Balaban J connectivity index is 1.83. The van der Waals surface area contributed by atoms with E-state index in [-0.39, 0.29) is 0 Å². The molecular weight excluding hydrogens is 392 g/mol. The average molecular weight is 415 g/mol. The third-order valence-corrected chi connectivity index (χ3v) is 6.56. The van der Waals surface area contributed by atoms with E-state index < -0.39 is 0 Å². The molecule has 0 saturated heterocycles. The second kappa shape index (κ2) is 6.24. The van der Waals surface area contributed by atoms with Crippen LogP contribution in [0.1, 0.15) is 19.9 Å². The molecule has 154 valence electrons. The number of nitrogens with zero attached hydrogens (tertiary/aromatic N) is 4. The zero-order valence-corrected chi connectivity index (χ0v) is 18.0. The standard InChI is InChI=1S/C28H22N4/c1-18(2)30-23-14-8-6-12-20(23)21-16-17-25-27(26(21)30)32-24-15-9-7-13-22(24)29-28(32)31(25)19-10-4-3-5-11-19/h3-18H,1-2H3. The van der Waals surface area contributed by atoms with Crippen molar-refractivity contribution in [2.75, 3.05) is 0 Å². The third kappa shape index (κ3) is 2.14. The van der Waals surface area contributed by atoms with Gasteiger partial charge in [-0.2, -0.15) is 0 Å². The van der Waals surface area contributed by atoms with E-state index in [1.807, 2.05) is 0 Å². The van der Waals surface area contributed by atoms with E-state index in [0.717, 1.165) is 22.5 Å². The maximum absolute atomic E-state index is 5.08. The summed E-state index contributed by atoms with van der Waals surface area (Å²) < 4.78 is 7.12. The van der Waals surface area contributed by atoms with Gasteiger partial charge in [-0.3, -0.25) is 8.97 Å². The molecular formula is C28H22N4. The molecule has 0 bridgehead atoms. The molecule has 4 aromatic carbocycles. The second-order valence-electron chi connectivity index (χ2n) is 8.72. The van der Waals surface area contributed by atoms with Crippen LogP contribution in [-0.4, -0.2) is 18.5 Å². The fourth-order valence-electron chi connectivity index (χ4n) is 5.32. The molecule has 0 aliphatic rings. The number of hydrogen-bond donors (Lipinski definition) is 0. The minimum absolute atomic E-state index is 0.327. The summed E-state index contributed by atoms with van der Waals surface area (Å²) in [6, 6.07) is 32.6. The Morgan fingerprint density at radius 2 is 1.34 bits per heavy atom. The van der Waals surface area contributed by atoms with Crippen molar-refractivity contribution >= 4 is 49.7 Å². The molecule has 4 heteroatoms. The number of aromatic nitrogens is 4. The molecule has 0 aliphatic heterocycles. The lowest BCUT2D eigenvalue weighted by Gasteiger charge is -2.12. The molecule has 0 aliphatic carbocycles. The van der Waals surface area contributed by atoms with Gasteiger partial charge in [-0.25, -0.2) is 4.98 Å². The zero-order chi connectivity index (χ0) is 21.4. The van der Waals surface area contributed by atoms with Crippen LogP contribution in [0.2, 0.25) is 0 Å². The van der Waals surface area contributed by atoms with Crippen molar-refractivity contribution in [2.45, 2.75) is 19.9 Å².